The highest BCUT2D eigenvalue weighted by atomic mass is 15.1. The van der Waals surface area contributed by atoms with Gasteiger partial charge >= 0.3 is 0 Å². The Morgan fingerprint density at radius 3 is 1.67 bits per heavy atom. The highest BCUT2D eigenvalue weighted by Crippen LogP contribution is 2.63. The normalized spacial score (nSPS) is 14.4. The monoisotopic (exact) mass is 800 g/mol. The maximum atomic E-state index is 2.52. The van der Waals surface area contributed by atoms with Gasteiger partial charge < -0.3 is 9.47 Å². The highest BCUT2D eigenvalue weighted by Gasteiger charge is 2.51. The summed E-state index contributed by atoms with van der Waals surface area (Å²) < 4.78 is 2.52. The van der Waals surface area contributed by atoms with E-state index in [0.717, 1.165) is 17.1 Å². The number of hydrogen-bond donors (Lipinski definition) is 0. The lowest BCUT2D eigenvalue weighted by Crippen LogP contribution is -2.33. The largest absolute Gasteiger partial charge is 0.309 e. The molecule has 0 fully saturated rings. The van der Waals surface area contributed by atoms with E-state index in [4.69, 9.17) is 0 Å². The Bertz CT molecular complexity index is 3560. The number of para-hydroxylation sites is 4. The third kappa shape index (κ3) is 5.07. The van der Waals surface area contributed by atoms with Crippen LogP contribution in [0.1, 0.15) is 22.3 Å². The van der Waals surface area contributed by atoms with E-state index in [1.807, 2.05) is 0 Å². The van der Waals surface area contributed by atoms with Crippen LogP contribution in [0.15, 0.2) is 243 Å². The second-order valence-corrected chi connectivity index (χ2v) is 16.7. The van der Waals surface area contributed by atoms with E-state index in [1.54, 1.807) is 0 Å². The summed E-state index contributed by atoms with van der Waals surface area (Å²) in [6.45, 7) is 0. The summed E-state index contributed by atoms with van der Waals surface area (Å²) in [5.41, 5.74) is 21.4. The van der Waals surface area contributed by atoms with Crippen LogP contribution < -0.4 is 4.90 Å². The van der Waals surface area contributed by atoms with Gasteiger partial charge in [-0.25, -0.2) is 0 Å². The van der Waals surface area contributed by atoms with Gasteiger partial charge in [-0.2, -0.15) is 0 Å². The minimum absolute atomic E-state index is 0.565. The number of benzene rings is 10. The number of anilines is 3. The molecule has 0 N–H and O–H groups in total. The maximum absolute atomic E-state index is 2.52. The number of nitrogens with zero attached hydrogens (tertiary/aromatic N) is 2. The van der Waals surface area contributed by atoms with E-state index in [0.29, 0.717) is 0 Å². The molecule has 1 unspecified atom stereocenters. The Morgan fingerprint density at radius 1 is 0.317 bits per heavy atom. The van der Waals surface area contributed by atoms with Gasteiger partial charge in [-0.3, -0.25) is 0 Å². The molecule has 2 heteroatoms. The lowest BCUT2D eigenvalue weighted by molar-refractivity contribution is 0.748. The van der Waals surface area contributed by atoms with Crippen LogP contribution in [0, 0.1) is 0 Å². The van der Waals surface area contributed by atoms with Gasteiger partial charge in [0.1, 0.15) is 0 Å². The quantitative estimate of drug-likeness (QED) is 0.163. The van der Waals surface area contributed by atoms with Crippen LogP contribution in [-0.2, 0) is 5.41 Å². The molecule has 11 aromatic rings. The molecule has 13 rings (SSSR count). The van der Waals surface area contributed by atoms with E-state index >= 15 is 0 Å². The van der Waals surface area contributed by atoms with Crippen LogP contribution in [0.3, 0.4) is 0 Å². The van der Waals surface area contributed by atoms with Crippen molar-refractivity contribution >= 4 is 38.9 Å². The smallest absolute Gasteiger partial charge is 0.0755 e. The van der Waals surface area contributed by atoms with Crippen LogP contribution in [0.5, 0.6) is 0 Å². The molecule has 0 saturated heterocycles. The van der Waals surface area contributed by atoms with Gasteiger partial charge in [-0.1, -0.05) is 206 Å². The van der Waals surface area contributed by atoms with Gasteiger partial charge in [0.15, 0.2) is 0 Å². The molecule has 0 amide bonds. The van der Waals surface area contributed by atoms with Gasteiger partial charge in [-0.05, 0) is 92.0 Å². The third-order valence-electron chi connectivity index (χ3n) is 13.6. The Labute approximate surface area is 367 Å². The van der Waals surface area contributed by atoms with Gasteiger partial charge in [0.05, 0.1) is 33.5 Å². The summed E-state index contributed by atoms with van der Waals surface area (Å²) in [4.78, 5) is 2.52. The Morgan fingerprint density at radius 2 is 0.857 bits per heavy atom. The van der Waals surface area contributed by atoms with Crippen molar-refractivity contribution in [3.8, 4) is 50.2 Å². The zero-order chi connectivity index (χ0) is 41.5. The molecule has 1 spiro atoms. The molecular weight excluding hydrogens is 761 g/mol. The first-order valence-electron chi connectivity index (χ1n) is 21.9. The molecule has 1 aromatic heterocycles. The zero-order valence-corrected chi connectivity index (χ0v) is 34.5. The highest BCUT2D eigenvalue weighted by molar-refractivity contribution is 6.13. The summed E-state index contributed by atoms with van der Waals surface area (Å²) >= 11 is 0. The van der Waals surface area contributed by atoms with Crippen LogP contribution in [0.25, 0.3) is 72.0 Å². The van der Waals surface area contributed by atoms with Gasteiger partial charge in [0, 0.05) is 27.6 Å². The molecule has 0 bridgehead atoms. The summed E-state index contributed by atoms with van der Waals surface area (Å²) in [7, 11) is 0. The molecule has 1 aliphatic heterocycles. The summed E-state index contributed by atoms with van der Waals surface area (Å²) in [6.07, 6.45) is 0. The minimum atomic E-state index is -0.565. The van der Waals surface area contributed by atoms with Gasteiger partial charge in [0.25, 0.3) is 0 Å². The van der Waals surface area contributed by atoms with Crippen LogP contribution in [0.2, 0.25) is 0 Å². The first-order valence-corrected chi connectivity index (χ1v) is 21.9. The Hall–Kier alpha value is -8.20. The van der Waals surface area contributed by atoms with Gasteiger partial charge in [-0.15, -0.1) is 0 Å². The van der Waals surface area contributed by atoms with Crippen molar-refractivity contribution < 1.29 is 0 Å². The number of fused-ring (bicyclic) bond motifs is 12. The molecular formula is C61H40N2. The zero-order valence-electron chi connectivity index (χ0n) is 34.5. The molecule has 1 aliphatic carbocycles. The van der Waals surface area contributed by atoms with E-state index in [2.05, 4.69) is 252 Å². The minimum Gasteiger partial charge on any atom is -0.309 e. The van der Waals surface area contributed by atoms with Crippen molar-refractivity contribution in [2.75, 3.05) is 4.90 Å². The first-order chi connectivity index (χ1) is 31.3. The van der Waals surface area contributed by atoms with Crippen molar-refractivity contribution in [1.82, 2.24) is 4.57 Å². The average molecular weight is 801 g/mol. The van der Waals surface area contributed by atoms with Gasteiger partial charge in [0.2, 0.25) is 0 Å². The predicted molar refractivity (Wildman–Crippen MR) is 263 cm³/mol. The van der Waals surface area contributed by atoms with Crippen LogP contribution in [-0.4, -0.2) is 4.57 Å². The SMILES string of the molecule is c1ccc(-c2ccc(N(c3ccccc3-c3ccccc3-c3ccccc3)c3cccc4c3-c3ccccc3C43c4ccccc4-n4c5ccccc5c5cccc3c54)cc2)cc1. The van der Waals surface area contributed by atoms with Crippen LogP contribution in [0.4, 0.5) is 17.1 Å². The molecule has 2 aliphatic rings. The van der Waals surface area contributed by atoms with Crippen molar-refractivity contribution in [2.45, 2.75) is 5.41 Å². The second kappa shape index (κ2) is 13.9. The fraction of sp³-hybridized carbons (Fsp3) is 0.0164. The van der Waals surface area contributed by atoms with Crippen molar-refractivity contribution in [3.05, 3.63) is 265 Å². The van der Waals surface area contributed by atoms with E-state index in [1.165, 1.54) is 94.3 Å². The first kappa shape index (κ1) is 35.5. The van der Waals surface area contributed by atoms with E-state index < -0.39 is 5.41 Å². The van der Waals surface area contributed by atoms with Crippen molar-refractivity contribution in [1.29, 1.82) is 0 Å². The molecule has 2 nitrogen and oxygen atoms in total. The second-order valence-electron chi connectivity index (χ2n) is 16.7. The number of rotatable bonds is 6. The van der Waals surface area contributed by atoms with E-state index in [9.17, 15) is 0 Å². The topological polar surface area (TPSA) is 8.17 Å². The summed E-state index contributed by atoms with van der Waals surface area (Å²) in [5.74, 6) is 0. The lowest BCUT2D eigenvalue weighted by Gasteiger charge is -2.39. The third-order valence-corrected chi connectivity index (χ3v) is 13.6. The summed E-state index contributed by atoms with van der Waals surface area (Å²) in [6, 6.07) is 89.6. The Balaban J connectivity index is 1.12. The lowest BCUT2D eigenvalue weighted by atomic mass is 9.65. The molecule has 2 heterocycles. The van der Waals surface area contributed by atoms with Crippen molar-refractivity contribution in [2.24, 2.45) is 0 Å². The number of hydrogen-bond acceptors (Lipinski definition) is 1. The number of aromatic nitrogens is 1. The predicted octanol–water partition coefficient (Wildman–Crippen LogP) is 15.9. The summed E-state index contributed by atoms with van der Waals surface area (Å²) in [5, 5.41) is 2.56. The molecule has 0 saturated carbocycles. The molecule has 0 radical (unpaired) electrons. The molecule has 1 atom stereocenters. The maximum Gasteiger partial charge on any atom is 0.0755 e. The average Bonchev–Trinajstić information content (AvgIpc) is 3.86. The standard InChI is InChI=1S/C61H40N2/c1-3-19-41(20-4-1)42-37-39-44(40-38-42)62(55-33-14-10-25-47(55)46-24-8-7-23-45(46)43-21-5-2-6-22-43)58-36-18-31-53-59(58)50-27-9-12-29-51(50)61(53)52-30-13-16-35-57(52)63-56-34-15-11-26-48(56)49-28-17-32-54(61)60(49)63/h1-40H. The fourth-order valence-electron chi connectivity index (χ4n) is 11.1. The molecule has 10 aromatic carbocycles. The molecule has 294 valence electrons. The fourth-order valence-corrected chi connectivity index (χ4v) is 11.1. The molecule has 63 heavy (non-hydrogen) atoms. The Kier molecular flexibility index (Phi) is 7.85. The van der Waals surface area contributed by atoms with E-state index in [-0.39, 0.29) is 0 Å². The van der Waals surface area contributed by atoms with Crippen molar-refractivity contribution in [3.63, 3.8) is 0 Å². The van der Waals surface area contributed by atoms with Crippen LogP contribution >= 0.6 is 0 Å².